The van der Waals surface area contributed by atoms with Gasteiger partial charge in [-0.25, -0.2) is 0 Å². The summed E-state index contributed by atoms with van der Waals surface area (Å²) in [6.45, 7) is 5.43. The molecule has 0 saturated carbocycles. The first-order valence-electron chi connectivity index (χ1n) is 9.95. The van der Waals surface area contributed by atoms with Crippen molar-refractivity contribution in [3.63, 3.8) is 0 Å². The number of thioether (sulfide) groups is 1. The monoisotopic (exact) mass is 384 g/mol. The van der Waals surface area contributed by atoms with Crippen LogP contribution in [0.3, 0.4) is 0 Å². The molecule has 4 rings (SSSR count). The molecule has 1 unspecified atom stereocenters. The SMILES string of the molecule is O=C(Cc1cccc2ccccc12)N1CCCSCC1CN1CCOCC1. The fourth-order valence-electron chi connectivity index (χ4n) is 4.10. The third kappa shape index (κ3) is 4.65. The quantitative estimate of drug-likeness (QED) is 0.811. The van der Waals surface area contributed by atoms with Gasteiger partial charge in [0.1, 0.15) is 0 Å². The van der Waals surface area contributed by atoms with Crippen molar-refractivity contribution in [1.82, 2.24) is 9.80 Å². The molecular weight excluding hydrogens is 356 g/mol. The Morgan fingerprint density at radius 3 is 2.78 bits per heavy atom. The highest BCUT2D eigenvalue weighted by atomic mass is 32.2. The summed E-state index contributed by atoms with van der Waals surface area (Å²) in [6.07, 6.45) is 1.58. The molecule has 1 atom stereocenters. The van der Waals surface area contributed by atoms with Crippen molar-refractivity contribution >= 4 is 28.4 Å². The lowest BCUT2D eigenvalue weighted by Gasteiger charge is -2.35. The number of carbonyl (C=O) groups excluding carboxylic acids is 1. The van der Waals surface area contributed by atoms with E-state index in [1.807, 2.05) is 11.8 Å². The summed E-state index contributed by atoms with van der Waals surface area (Å²) < 4.78 is 5.48. The van der Waals surface area contributed by atoms with Crippen LogP contribution >= 0.6 is 11.8 Å². The maximum atomic E-state index is 13.3. The van der Waals surface area contributed by atoms with Gasteiger partial charge in [0.15, 0.2) is 0 Å². The fourth-order valence-corrected chi connectivity index (χ4v) is 5.16. The Balaban J connectivity index is 1.50. The maximum absolute atomic E-state index is 13.3. The van der Waals surface area contributed by atoms with E-state index in [-0.39, 0.29) is 5.91 Å². The van der Waals surface area contributed by atoms with Crippen molar-refractivity contribution in [3.05, 3.63) is 48.0 Å². The molecule has 1 amide bonds. The largest absolute Gasteiger partial charge is 0.379 e. The van der Waals surface area contributed by atoms with Crippen molar-refractivity contribution in [1.29, 1.82) is 0 Å². The Morgan fingerprint density at radius 2 is 1.89 bits per heavy atom. The first-order valence-corrected chi connectivity index (χ1v) is 11.1. The smallest absolute Gasteiger partial charge is 0.227 e. The lowest BCUT2D eigenvalue weighted by molar-refractivity contribution is -0.132. The zero-order valence-corrected chi connectivity index (χ0v) is 16.6. The molecule has 0 aromatic heterocycles. The van der Waals surface area contributed by atoms with Crippen molar-refractivity contribution in [3.8, 4) is 0 Å². The van der Waals surface area contributed by atoms with E-state index in [4.69, 9.17) is 4.74 Å². The normalized spacial score (nSPS) is 21.9. The van der Waals surface area contributed by atoms with Crippen LogP contribution in [-0.2, 0) is 16.0 Å². The van der Waals surface area contributed by atoms with Crippen LogP contribution in [0.15, 0.2) is 42.5 Å². The Morgan fingerprint density at radius 1 is 1.07 bits per heavy atom. The van der Waals surface area contributed by atoms with Gasteiger partial charge in [0.2, 0.25) is 5.91 Å². The summed E-state index contributed by atoms with van der Waals surface area (Å²) >= 11 is 1.99. The van der Waals surface area contributed by atoms with Crippen LogP contribution in [0, 0.1) is 0 Å². The summed E-state index contributed by atoms with van der Waals surface area (Å²) in [7, 11) is 0. The zero-order valence-electron chi connectivity index (χ0n) is 15.8. The molecule has 27 heavy (non-hydrogen) atoms. The highest BCUT2D eigenvalue weighted by Crippen LogP contribution is 2.22. The van der Waals surface area contributed by atoms with Gasteiger partial charge in [0.05, 0.1) is 25.7 Å². The number of nitrogens with zero attached hydrogens (tertiary/aromatic N) is 2. The summed E-state index contributed by atoms with van der Waals surface area (Å²) in [5.74, 6) is 2.46. The second-order valence-corrected chi connectivity index (χ2v) is 8.55. The van der Waals surface area contributed by atoms with E-state index >= 15 is 0 Å². The topological polar surface area (TPSA) is 32.8 Å². The Kier molecular flexibility index (Phi) is 6.32. The molecule has 144 valence electrons. The molecule has 0 bridgehead atoms. The molecule has 2 heterocycles. The highest BCUT2D eigenvalue weighted by Gasteiger charge is 2.28. The summed E-state index contributed by atoms with van der Waals surface area (Å²) in [4.78, 5) is 17.9. The van der Waals surface area contributed by atoms with E-state index in [2.05, 4.69) is 52.3 Å². The van der Waals surface area contributed by atoms with E-state index in [9.17, 15) is 4.79 Å². The Labute approximate surface area is 165 Å². The molecule has 2 fully saturated rings. The van der Waals surface area contributed by atoms with Gasteiger partial charge < -0.3 is 9.64 Å². The van der Waals surface area contributed by atoms with Gasteiger partial charge in [-0.1, -0.05) is 42.5 Å². The highest BCUT2D eigenvalue weighted by molar-refractivity contribution is 7.99. The number of hydrogen-bond donors (Lipinski definition) is 0. The van der Waals surface area contributed by atoms with E-state index in [0.717, 1.165) is 62.9 Å². The van der Waals surface area contributed by atoms with Crippen molar-refractivity contribution in [2.24, 2.45) is 0 Å². The van der Waals surface area contributed by atoms with Gasteiger partial charge in [-0.15, -0.1) is 0 Å². The minimum atomic E-state index is 0.270. The first-order chi connectivity index (χ1) is 13.3. The van der Waals surface area contributed by atoms with Gasteiger partial charge >= 0.3 is 0 Å². The molecule has 2 aliphatic heterocycles. The number of hydrogen-bond acceptors (Lipinski definition) is 4. The third-order valence-electron chi connectivity index (χ3n) is 5.55. The second-order valence-electron chi connectivity index (χ2n) is 7.40. The molecule has 2 aliphatic rings. The molecule has 5 heteroatoms. The van der Waals surface area contributed by atoms with Crippen LogP contribution < -0.4 is 0 Å². The summed E-state index contributed by atoms with van der Waals surface area (Å²) in [5, 5.41) is 2.40. The van der Waals surface area contributed by atoms with Gasteiger partial charge in [-0.05, 0) is 28.5 Å². The molecule has 0 N–H and O–H groups in total. The Bertz CT molecular complexity index is 771. The zero-order chi connectivity index (χ0) is 18.5. The average molecular weight is 385 g/mol. The van der Waals surface area contributed by atoms with Gasteiger partial charge in [0.25, 0.3) is 0 Å². The predicted molar refractivity (Wildman–Crippen MR) is 112 cm³/mol. The van der Waals surface area contributed by atoms with Crippen LogP contribution in [0.2, 0.25) is 0 Å². The van der Waals surface area contributed by atoms with Crippen LogP contribution in [0.4, 0.5) is 0 Å². The minimum Gasteiger partial charge on any atom is -0.379 e. The van der Waals surface area contributed by atoms with Crippen LogP contribution in [0.1, 0.15) is 12.0 Å². The van der Waals surface area contributed by atoms with Crippen LogP contribution in [-0.4, -0.2) is 72.6 Å². The fraction of sp³-hybridized carbons (Fsp3) is 0.500. The summed E-state index contributed by atoms with van der Waals surface area (Å²) in [5.41, 5.74) is 1.14. The molecular formula is C22H28N2O2S. The lowest BCUT2D eigenvalue weighted by atomic mass is 10.0. The van der Waals surface area contributed by atoms with Crippen molar-refractivity contribution in [2.45, 2.75) is 18.9 Å². The van der Waals surface area contributed by atoms with E-state index in [1.165, 1.54) is 10.8 Å². The van der Waals surface area contributed by atoms with Gasteiger partial charge in [-0.3, -0.25) is 9.69 Å². The molecule has 2 saturated heterocycles. The van der Waals surface area contributed by atoms with E-state index < -0.39 is 0 Å². The number of fused-ring (bicyclic) bond motifs is 1. The molecule has 2 aromatic rings. The number of rotatable bonds is 4. The minimum absolute atomic E-state index is 0.270. The lowest BCUT2D eigenvalue weighted by Crippen LogP contribution is -2.50. The molecule has 0 radical (unpaired) electrons. The van der Waals surface area contributed by atoms with Gasteiger partial charge in [-0.2, -0.15) is 11.8 Å². The molecule has 0 aliphatic carbocycles. The Hall–Kier alpha value is -1.56. The second kappa shape index (κ2) is 9.09. The molecule has 0 spiro atoms. The van der Waals surface area contributed by atoms with Crippen LogP contribution in [0.5, 0.6) is 0 Å². The third-order valence-corrected chi connectivity index (χ3v) is 6.75. The number of carbonyl (C=O) groups is 1. The van der Waals surface area contributed by atoms with Gasteiger partial charge in [0, 0.05) is 31.9 Å². The number of amides is 1. The predicted octanol–water partition coefficient (Wildman–Crippen LogP) is 3.05. The molecule has 4 nitrogen and oxygen atoms in total. The van der Waals surface area contributed by atoms with E-state index in [0.29, 0.717) is 12.5 Å². The standard InChI is InChI=1S/C22H28N2O2S/c25-22(15-19-7-3-6-18-5-1-2-8-21(18)19)24-9-4-14-27-17-20(24)16-23-10-12-26-13-11-23/h1-3,5-8,20H,4,9-17H2. The first kappa shape index (κ1) is 18.8. The molecule has 2 aromatic carbocycles. The number of ether oxygens (including phenoxy) is 1. The van der Waals surface area contributed by atoms with Crippen molar-refractivity contribution < 1.29 is 9.53 Å². The van der Waals surface area contributed by atoms with Crippen LogP contribution in [0.25, 0.3) is 10.8 Å². The van der Waals surface area contributed by atoms with Crippen molar-refractivity contribution in [2.75, 3.05) is 50.9 Å². The average Bonchev–Trinajstić information content (AvgIpc) is 2.94. The number of morpholine rings is 1. The number of benzene rings is 2. The summed E-state index contributed by atoms with van der Waals surface area (Å²) in [6, 6.07) is 14.9. The maximum Gasteiger partial charge on any atom is 0.227 e. The van der Waals surface area contributed by atoms with E-state index in [1.54, 1.807) is 0 Å².